The summed E-state index contributed by atoms with van der Waals surface area (Å²) in [6.07, 6.45) is 5.30. The predicted octanol–water partition coefficient (Wildman–Crippen LogP) is 2.91. The number of carboxylic acid groups (broad SMARTS) is 1. The number of thiazole rings is 1. The molecule has 1 aromatic rings. The van der Waals surface area contributed by atoms with E-state index in [1.807, 2.05) is 6.92 Å². The standard InChI is InChI=1S/C14H20N2O3S/c1-8-12(14(18)19)20-13(16-8)9(2)15-11(17)7-10-5-3-4-6-10/h9-10H,3-7H2,1-2H3,(H,15,17)(H,18,19). The van der Waals surface area contributed by atoms with Crippen LogP contribution in [0, 0.1) is 12.8 Å². The molecule has 1 amide bonds. The monoisotopic (exact) mass is 296 g/mol. The van der Waals surface area contributed by atoms with Gasteiger partial charge < -0.3 is 10.4 Å². The van der Waals surface area contributed by atoms with E-state index >= 15 is 0 Å². The van der Waals surface area contributed by atoms with Crippen molar-refractivity contribution < 1.29 is 14.7 Å². The van der Waals surface area contributed by atoms with Crippen LogP contribution >= 0.6 is 11.3 Å². The van der Waals surface area contributed by atoms with Crippen molar-refractivity contribution in [1.29, 1.82) is 0 Å². The van der Waals surface area contributed by atoms with Crippen LogP contribution in [0.5, 0.6) is 0 Å². The SMILES string of the molecule is Cc1nc(C(C)NC(=O)CC2CCCC2)sc1C(=O)O. The largest absolute Gasteiger partial charge is 0.477 e. The van der Waals surface area contributed by atoms with E-state index in [0.717, 1.165) is 24.2 Å². The van der Waals surface area contributed by atoms with Crippen molar-refractivity contribution >= 4 is 23.2 Å². The molecular formula is C14H20N2O3S. The maximum Gasteiger partial charge on any atom is 0.347 e. The molecule has 1 unspecified atom stereocenters. The van der Waals surface area contributed by atoms with Gasteiger partial charge in [0.05, 0.1) is 11.7 Å². The van der Waals surface area contributed by atoms with Crippen molar-refractivity contribution in [3.05, 3.63) is 15.6 Å². The lowest BCUT2D eigenvalue weighted by atomic mass is 10.0. The smallest absolute Gasteiger partial charge is 0.347 e. The molecule has 110 valence electrons. The summed E-state index contributed by atoms with van der Waals surface area (Å²) >= 11 is 1.14. The second-order valence-corrected chi connectivity index (χ2v) is 6.45. The van der Waals surface area contributed by atoms with Gasteiger partial charge in [-0.1, -0.05) is 12.8 Å². The number of carbonyl (C=O) groups excluding carboxylic acids is 1. The Kier molecular flexibility index (Phi) is 4.75. The molecule has 20 heavy (non-hydrogen) atoms. The number of hydrogen-bond donors (Lipinski definition) is 2. The number of nitrogens with zero attached hydrogens (tertiary/aromatic N) is 1. The van der Waals surface area contributed by atoms with Gasteiger partial charge in [0.15, 0.2) is 0 Å². The number of carboxylic acids is 1. The molecule has 5 nitrogen and oxygen atoms in total. The lowest BCUT2D eigenvalue weighted by Gasteiger charge is -2.13. The number of aryl methyl sites for hydroxylation is 1. The Hall–Kier alpha value is -1.43. The summed E-state index contributed by atoms with van der Waals surface area (Å²) in [7, 11) is 0. The molecule has 6 heteroatoms. The number of hydrogen-bond acceptors (Lipinski definition) is 4. The Morgan fingerprint density at radius 3 is 2.65 bits per heavy atom. The molecule has 2 N–H and O–H groups in total. The molecule has 0 saturated heterocycles. The van der Waals surface area contributed by atoms with Gasteiger partial charge >= 0.3 is 5.97 Å². The first-order chi connectivity index (χ1) is 9.47. The van der Waals surface area contributed by atoms with Crippen molar-refractivity contribution in [2.24, 2.45) is 5.92 Å². The normalized spacial score (nSPS) is 17.1. The number of rotatable bonds is 5. The summed E-state index contributed by atoms with van der Waals surface area (Å²) in [6, 6.07) is -0.235. The van der Waals surface area contributed by atoms with Gasteiger partial charge in [0.25, 0.3) is 0 Å². The van der Waals surface area contributed by atoms with Crippen molar-refractivity contribution in [2.45, 2.75) is 52.0 Å². The molecule has 0 aliphatic heterocycles. The fraction of sp³-hybridized carbons (Fsp3) is 0.643. The van der Waals surface area contributed by atoms with Crippen LogP contribution in [0.3, 0.4) is 0 Å². The van der Waals surface area contributed by atoms with Crippen LogP contribution in [-0.2, 0) is 4.79 Å². The number of carbonyl (C=O) groups is 2. The zero-order valence-electron chi connectivity index (χ0n) is 11.8. The predicted molar refractivity (Wildman–Crippen MR) is 76.9 cm³/mol. The summed E-state index contributed by atoms with van der Waals surface area (Å²) in [4.78, 5) is 27.4. The summed E-state index contributed by atoms with van der Waals surface area (Å²) in [5, 5.41) is 12.6. The molecule has 0 bridgehead atoms. The molecule has 1 saturated carbocycles. The van der Waals surface area contributed by atoms with Crippen LogP contribution in [0.4, 0.5) is 0 Å². The van der Waals surface area contributed by atoms with Crippen LogP contribution in [-0.4, -0.2) is 22.0 Å². The zero-order valence-corrected chi connectivity index (χ0v) is 12.6. The molecule has 2 rings (SSSR count). The third kappa shape index (κ3) is 3.56. The Labute approximate surface area is 122 Å². The summed E-state index contributed by atoms with van der Waals surface area (Å²) in [5.74, 6) is -0.417. The Morgan fingerprint density at radius 2 is 2.10 bits per heavy atom. The van der Waals surface area contributed by atoms with Gasteiger partial charge in [0.1, 0.15) is 9.88 Å². The van der Waals surface area contributed by atoms with Gasteiger partial charge in [-0.2, -0.15) is 0 Å². The Morgan fingerprint density at radius 1 is 1.45 bits per heavy atom. The van der Waals surface area contributed by atoms with Gasteiger partial charge in [-0.15, -0.1) is 11.3 Å². The fourth-order valence-corrected chi connectivity index (χ4v) is 3.55. The number of amides is 1. The van der Waals surface area contributed by atoms with Crippen molar-refractivity contribution in [1.82, 2.24) is 10.3 Å². The zero-order chi connectivity index (χ0) is 14.7. The van der Waals surface area contributed by atoms with Crippen LogP contribution in [0.15, 0.2) is 0 Å². The number of aromatic nitrogens is 1. The first-order valence-electron chi connectivity index (χ1n) is 6.97. The lowest BCUT2D eigenvalue weighted by Crippen LogP contribution is -2.27. The van der Waals surface area contributed by atoms with E-state index < -0.39 is 5.97 Å². The Balaban J connectivity index is 1.93. The quantitative estimate of drug-likeness (QED) is 0.875. The summed E-state index contributed by atoms with van der Waals surface area (Å²) in [6.45, 7) is 3.52. The van der Waals surface area contributed by atoms with Gasteiger partial charge in [-0.3, -0.25) is 4.79 Å². The van der Waals surface area contributed by atoms with E-state index in [1.54, 1.807) is 6.92 Å². The van der Waals surface area contributed by atoms with E-state index in [-0.39, 0.29) is 16.8 Å². The molecule has 0 radical (unpaired) electrons. The molecular weight excluding hydrogens is 276 g/mol. The van der Waals surface area contributed by atoms with Crippen molar-refractivity contribution in [3.8, 4) is 0 Å². The highest BCUT2D eigenvalue weighted by atomic mass is 32.1. The minimum Gasteiger partial charge on any atom is -0.477 e. The van der Waals surface area contributed by atoms with E-state index in [9.17, 15) is 9.59 Å². The lowest BCUT2D eigenvalue weighted by molar-refractivity contribution is -0.122. The maximum atomic E-state index is 12.0. The van der Waals surface area contributed by atoms with Crippen molar-refractivity contribution in [3.63, 3.8) is 0 Å². The molecule has 1 aliphatic carbocycles. The highest BCUT2D eigenvalue weighted by Crippen LogP contribution is 2.28. The minimum atomic E-state index is -0.962. The molecule has 0 aromatic carbocycles. The average molecular weight is 296 g/mol. The van der Waals surface area contributed by atoms with Crippen LogP contribution < -0.4 is 5.32 Å². The first-order valence-corrected chi connectivity index (χ1v) is 7.79. The third-order valence-corrected chi connectivity index (χ3v) is 5.03. The first kappa shape index (κ1) is 15.0. The molecule has 1 aromatic heterocycles. The summed E-state index contributed by atoms with van der Waals surface area (Å²) < 4.78 is 0. The van der Waals surface area contributed by atoms with Crippen LogP contribution in [0.1, 0.15) is 65.4 Å². The molecule has 0 spiro atoms. The van der Waals surface area contributed by atoms with E-state index in [2.05, 4.69) is 10.3 Å². The van der Waals surface area contributed by atoms with E-state index in [4.69, 9.17) is 5.11 Å². The van der Waals surface area contributed by atoms with Gasteiger partial charge in [0, 0.05) is 6.42 Å². The fourth-order valence-electron chi connectivity index (χ4n) is 2.64. The number of aromatic carboxylic acids is 1. The maximum absolute atomic E-state index is 12.0. The second-order valence-electron chi connectivity index (χ2n) is 5.42. The molecule has 1 heterocycles. The topological polar surface area (TPSA) is 79.3 Å². The molecule has 1 fully saturated rings. The van der Waals surface area contributed by atoms with E-state index in [1.165, 1.54) is 12.8 Å². The average Bonchev–Trinajstić information content (AvgIpc) is 2.98. The second kappa shape index (κ2) is 6.35. The highest BCUT2D eigenvalue weighted by molar-refractivity contribution is 7.13. The highest BCUT2D eigenvalue weighted by Gasteiger charge is 2.22. The van der Waals surface area contributed by atoms with E-state index in [0.29, 0.717) is 23.0 Å². The molecule has 1 aliphatic rings. The van der Waals surface area contributed by atoms with Gasteiger partial charge in [0.2, 0.25) is 5.91 Å². The minimum absolute atomic E-state index is 0.0362. The van der Waals surface area contributed by atoms with Gasteiger partial charge in [-0.25, -0.2) is 9.78 Å². The van der Waals surface area contributed by atoms with Gasteiger partial charge in [-0.05, 0) is 32.6 Å². The van der Waals surface area contributed by atoms with Crippen molar-refractivity contribution in [2.75, 3.05) is 0 Å². The summed E-state index contributed by atoms with van der Waals surface area (Å²) in [5.41, 5.74) is 0.509. The third-order valence-electron chi connectivity index (χ3n) is 3.70. The van der Waals surface area contributed by atoms with Crippen LogP contribution in [0.25, 0.3) is 0 Å². The van der Waals surface area contributed by atoms with Crippen LogP contribution in [0.2, 0.25) is 0 Å². The number of nitrogens with one attached hydrogen (secondary N) is 1. The molecule has 1 atom stereocenters. The Bertz CT molecular complexity index is 507.